The van der Waals surface area contributed by atoms with Crippen molar-refractivity contribution >= 4 is 5.96 Å². The molecule has 0 bridgehead atoms. The van der Waals surface area contributed by atoms with E-state index in [0.717, 1.165) is 25.0 Å². The molecule has 1 saturated carbocycles. The molecule has 1 fully saturated rings. The molecule has 3 heteroatoms. The van der Waals surface area contributed by atoms with Gasteiger partial charge in [-0.15, -0.1) is 0 Å². The van der Waals surface area contributed by atoms with Crippen molar-refractivity contribution in [1.29, 1.82) is 0 Å². The number of nitrogens with zero attached hydrogens (tertiary/aromatic N) is 2. The molecular formula is C13H25N3. The minimum absolute atomic E-state index is 0.295. The average Bonchev–Trinajstić information content (AvgIpc) is 2.60. The molecule has 1 aliphatic heterocycles. The van der Waals surface area contributed by atoms with Crippen LogP contribution in [0.25, 0.3) is 0 Å². The van der Waals surface area contributed by atoms with Gasteiger partial charge in [-0.25, -0.2) is 0 Å². The van der Waals surface area contributed by atoms with Crippen LogP contribution < -0.4 is 5.73 Å². The highest BCUT2D eigenvalue weighted by atomic mass is 15.4. The van der Waals surface area contributed by atoms with Crippen LogP contribution in [0, 0.1) is 5.92 Å². The van der Waals surface area contributed by atoms with Gasteiger partial charge in [-0.05, 0) is 38.5 Å². The average molecular weight is 223 g/mol. The first-order valence-electron chi connectivity index (χ1n) is 6.79. The Balaban J connectivity index is 1.97. The smallest absolute Gasteiger partial charge is 0.191 e. The molecule has 1 aliphatic carbocycles. The number of aliphatic imine (C=N–C) groups is 1. The van der Waals surface area contributed by atoms with E-state index in [0.29, 0.717) is 5.54 Å². The zero-order valence-electron chi connectivity index (χ0n) is 10.7. The van der Waals surface area contributed by atoms with Gasteiger partial charge in [0.25, 0.3) is 0 Å². The largest absolute Gasteiger partial charge is 0.370 e. The Bertz CT molecular complexity index is 264. The summed E-state index contributed by atoms with van der Waals surface area (Å²) < 4.78 is 0. The fourth-order valence-corrected chi connectivity index (χ4v) is 3.48. The van der Waals surface area contributed by atoms with E-state index in [1.54, 1.807) is 0 Å². The normalized spacial score (nSPS) is 34.5. The molecule has 3 nitrogen and oxygen atoms in total. The lowest BCUT2D eigenvalue weighted by Gasteiger charge is -2.43. The number of nitrogens with two attached hydrogens (primary N) is 1. The topological polar surface area (TPSA) is 41.6 Å². The number of guanidine groups is 1. The van der Waals surface area contributed by atoms with Crippen molar-refractivity contribution < 1.29 is 0 Å². The quantitative estimate of drug-likeness (QED) is 0.798. The van der Waals surface area contributed by atoms with Crippen molar-refractivity contribution in [1.82, 2.24) is 4.90 Å². The van der Waals surface area contributed by atoms with E-state index in [1.165, 1.54) is 38.5 Å². The summed E-state index contributed by atoms with van der Waals surface area (Å²) in [5.74, 6) is 1.73. The zero-order valence-corrected chi connectivity index (χ0v) is 10.7. The second-order valence-corrected chi connectivity index (χ2v) is 5.38. The predicted molar refractivity (Wildman–Crippen MR) is 68.5 cm³/mol. The van der Waals surface area contributed by atoms with E-state index >= 15 is 0 Å². The van der Waals surface area contributed by atoms with E-state index in [9.17, 15) is 0 Å². The second-order valence-electron chi connectivity index (χ2n) is 5.38. The second kappa shape index (κ2) is 4.64. The summed E-state index contributed by atoms with van der Waals surface area (Å²) in [6.07, 6.45) is 8.04. The molecule has 0 amide bonds. The van der Waals surface area contributed by atoms with Crippen molar-refractivity contribution in [3.63, 3.8) is 0 Å². The summed E-state index contributed by atoms with van der Waals surface area (Å²) in [7, 11) is 0. The predicted octanol–water partition coefficient (Wildman–Crippen LogP) is 2.37. The summed E-state index contributed by atoms with van der Waals surface area (Å²) in [6, 6.07) is 0. The van der Waals surface area contributed by atoms with Crippen LogP contribution in [0.15, 0.2) is 4.99 Å². The van der Waals surface area contributed by atoms with Crippen molar-refractivity contribution in [2.45, 2.75) is 57.9 Å². The lowest BCUT2D eigenvalue weighted by Crippen LogP contribution is -2.53. The first-order chi connectivity index (χ1) is 7.72. The van der Waals surface area contributed by atoms with Gasteiger partial charge in [0.1, 0.15) is 0 Å². The molecule has 0 saturated heterocycles. The highest BCUT2D eigenvalue weighted by Crippen LogP contribution is 2.40. The summed E-state index contributed by atoms with van der Waals surface area (Å²) in [4.78, 5) is 6.80. The minimum Gasteiger partial charge on any atom is -0.370 e. The first-order valence-corrected chi connectivity index (χ1v) is 6.79. The van der Waals surface area contributed by atoms with Gasteiger partial charge < -0.3 is 10.6 Å². The van der Waals surface area contributed by atoms with Gasteiger partial charge in [0.05, 0.1) is 12.1 Å². The fraction of sp³-hybridized carbons (Fsp3) is 0.923. The van der Waals surface area contributed by atoms with Gasteiger partial charge >= 0.3 is 0 Å². The maximum atomic E-state index is 5.96. The SMILES string of the molecule is CCCC1CCC2(CC1)CN=C(N)N2CC. The van der Waals surface area contributed by atoms with Crippen LogP contribution in [-0.2, 0) is 0 Å². The molecule has 2 rings (SSSR count). The van der Waals surface area contributed by atoms with Gasteiger partial charge in [0.15, 0.2) is 5.96 Å². The van der Waals surface area contributed by atoms with E-state index in [4.69, 9.17) is 5.73 Å². The van der Waals surface area contributed by atoms with Crippen LogP contribution in [0.5, 0.6) is 0 Å². The number of likely N-dealkylation sites (N-methyl/N-ethyl adjacent to an activating group) is 1. The van der Waals surface area contributed by atoms with Crippen LogP contribution in [0.2, 0.25) is 0 Å². The Morgan fingerprint density at radius 2 is 2.06 bits per heavy atom. The Morgan fingerprint density at radius 3 is 2.62 bits per heavy atom. The van der Waals surface area contributed by atoms with Gasteiger partial charge in [0, 0.05) is 6.54 Å². The molecule has 2 N–H and O–H groups in total. The van der Waals surface area contributed by atoms with Gasteiger partial charge in [-0.3, -0.25) is 4.99 Å². The monoisotopic (exact) mass is 223 g/mol. The van der Waals surface area contributed by atoms with Crippen LogP contribution in [0.3, 0.4) is 0 Å². The van der Waals surface area contributed by atoms with E-state index in [2.05, 4.69) is 23.7 Å². The molecule has 1 heterocycles. The van der Waals surface area contributed by atoms with E-state index in [1.807, 2.05) is 0 Å². The third-order valence-corrected chi connectivity index (χ3v) is 4.43. The molecule has 0 aromatic heterocycles. The molecule has 16 heavy (non-hydrogen) atoms. The third kappa shape index (κ3) is 1.92. The lowest BCUT2D eigenvalue weighted by atomic mass is 9.74. The summed E-state index contributed by atoms with van der Waals surface area (Å²) in [5.41, 5.74) is 6.26. The molecule has 0 unspecified atom stereocenters. The maximum Gasteiger partial charge on any atom is 0.191 e. The number of hydrogen-bond acceptors (Lipinski definition) is 3. The molecule has 0 aromatic carbocycles. The third-order valence-electron chi connectivity index (χ3n) is 4.43. The molecule has 2 aliphatic rings. The molecular weight excluding hydrogens is 198 g/mol. The summed E-state index contributed by atoms with van der Waals surface area (Å²) in [6.45, 7) is 6.42. The first kappa shape index (κ1) is 11.7. The maximum absolute atomic E-state index is 5.96. The number of rotatable bonds is 3. The Labute approximate surface area is 99.1 Å². The lowest BCUT2D eigenvalue weighted by molar-refractivity contribution is 0.117. The highest BCUT2D eigenvalue weighted by Gasteiger charge is 2.43. The summed E-state index contributed by atoms with van der Waals surface area (Å²) >= 11 is 0. The molecule has 0 radical (unpaired) electrons. The van der Waals surface area contributed by atoms with Gasteiger partial charge in [-0.2, -0.15) is 0 Å². The van der Waals surface area contributed by atoms with Crippen molar-refractivity contribution in [3.05, 3.63) is 0 Å². The van der Waals surface area contributed by atoms with Crippen LogP contribution >= 0.6 is 0 Å². The van der Waals surface area contributed by atoms with Crippen molar-refractivity contribution in [2.24, 2.45) is 16.6 Å². The molecule has 92 valence electrons. The van der Waals surface area contributed by atoms with Gasteiger partial charge in [-0.1, -0.05) is 19.8 Å². The fourth-order valence-electron chi connectivity index (χ4n) is 3.48. The summed E-state index contributed by atoms with van der Waals surface area (Å²) in [5, 5.41) is 0. The minimum atomic E-state index is 0.295. The van der Waals surface area contributed by atoms with Gasteiger partial charge in [0.2, 0.25) is 0 Å². The Kier molecular flexibility index (Phi) is 3.41. The highest BCUT2D eigenvalue weighted by molar-refractivity contribution is 5.81. The zero-order chi connectivity index (χ0) is 11.6. The van der Waals surface area contributed by atoms with E-state index in [-0.39, 0.29) is 0 Å². The molecule has 1 spiro atoms. The van der Waals surface area contributed by atoms with Crippen LogP contribution in [0.4, 0.5) is 0 Å². The van der Waals surface area contributed by atoms with E-state index < -0.39 is 0 Å². The standard InChI is InChI=1S/C13H25N3/c1-3-5-11-6-8-13(9-7-11)10-15-12(14)16(13)4-2/h11H,3-10H2,1-2H3,(H2,14,15). The van der Waals surface area contributed by atoms with Crippen molar-refractivity contribution in [2.75, 3.05) is 13.1 Å². The van der Waals surface area contributed by atoms with Crippen LogP contribution in [-0.4, -0.2) is 29.5 Å². The molecule has 0 atom stereocenters. The van der Waals surface area contributed by atoms with Crippen LogP contribution in [0.1, 0.15) is 52.4 Å². The molecule has 0 aromatic rings. The Hall–Kier alpha value is -0.730. The Morgan fingerprint density at radius 1 is 1.38 bits per heavy atom. The van der Waals surface area contributed by atoms with Crippen molar-refractivity contribution in [3.8, 4) is 0 Å². The number of hydrogen-bond donors (Lipinski definition) is 1.